The molecule has 3 atom stereocenters. The number of benzene rings is 1. The van der Waals surface area contributed by atoms with Crippen molar-refractivity contribution in [1.82, 2.24) is 4.90 Å². The van der Waals surface area contributed by atoms with Crippen LogP contribution in [0.5, 0.6) is 0 Å². The molecule has 7 heteroatoms. The van der Waals surface area contributed by atoms with Gasteiger partial charge in [-0.1, -0.05) is 12.1 Å². The zero-order chi connectivity index (χ0) is 16.8. The van der Waals surface area contributed by atoms with Gasteiger partial charge in [0.1, 0.15) is 0 Å². The number of hydrogen-bond donors (Lipinski definition) is 1. The van der Waals surface area contributed by atoms with Gasteiger partial charge in [-0.3, -0.25) is 14.5 Å². The van der Waals surface area contributed by atoms with E-state index in [0.29, 0.717) is 17.5 Å². The molecule has 0 saturated carbocycles. The van der Waals surface area contributed by atoms with Crippen LogP contribution in [0.3, 0.4) is 0 Å². The molecule has 2 aliphatic rings. The Morgan fingerprint density at radius 3 is 2.39 bits per heavy atom. The number of methoxy groups -OCH3 is 1. The zero-order valence-electron chi connectivity index (χ0n) is 12.8. The van der Waals surface area contributed by atoms with Crippen LogP contribution in [0.25, 0.3) is 0 Å². The van der Waals surface area contributed by atoms with Gasteiger partial charge in [-0.2, -0.15) is 0 Å². The first-order valence-electron chi connectivity index (χ1n) is 7.33. The van der Waals surface area contributed by atoms with E-state index in [1.807, 2.05) is 0 Å². The van der Waals surface area contributed by atoms with E-state index in [-0.39, 0.29) is 6.42 Å². The Bertz CT molecular complexity index is 652. The smallest absolute Gasteiger partial charge is 0.366 e. The summed E-state index contributed by atoms with van der Waals surface area (Å²) in [4.78, 5) is 38.0. The molecule has 2 aliphatic heterocycles. The van der Waals surface area contributed by atoms with Crippen LogP contribution in [0.15, 0.2) is 24.3 Å². The van der Waals surface area contributed by atoms with E-state index in [9.17, 15) is 19.5 Å². The van der Waals surface area contributed by atoms with E-state index >= 15 is 0 Å². The molecule has 1 N–H and O–H groups in total. The quantitative estimate of drug-likeness (QED) is 0.637. The van der Waals surface area contributed by atoms with Crippen molar-refractivity contribution < 1.29 is 29.0 Å². The average molecular weight is 319 g/mol. The highest BCUT2D eigenvalue weighted by atomic mass is 16.7. The second kappa shape index (κ2) is 5.43. The maximum absolute atomic E-state index is 12.5. The van der Waals surface area contributed by atoms with Gasteiger partial charge >= 0.3 is 5.97 Å². The highest BCUT2D eigenvalue weighted by Crippen LogP contribution is 2.35. The van der Waals surface area contributed by atoms with Crippen molar-refractivity contribution in [3.05, 3.63) is 35.4 Å². The van der Waals surface area contributed by atoms with E-state index in [2.05, 4.69) is 4.74 Å². The van der Waals surface area contributed by atoms with Crippen molar-refractivity contribution in [2.24, 2.45) is 0 Å². The monoisotopic (exact) mass is 319 g/mol. The van der Waals surface area contributed by atoms with Crippen LogP contribution < -0.4 is 0 Å². The molecule has 0 aliphatic carbocycles. The largest absolute Gasteiger partial charge is 0.465 e. The lowest BCUT2D eigenvalue weighted by atomic mass is 9.95. The number of fused-ring (bicyclic) bond motifs is 1. The second-order valence-electron chi connectivity index (χ2n) is 5.82. The molecule has 0 radical (unpaired) electrons. The lowest BCUT2D eigenvalue weighted by Gasteiger charge is -2.40. The molecule has 122 valence electrons. The number of hydrogen-bond acceptors (Lipinski definition) is 6. The van der Waals surface area contributed by atoms with Crippen molar-refractivity contribution in [3.8, 4) is 0 Å². The van der Waals surface area contributed by atoms with E-state index in [4.69, 9.17) is 4.74 Å². The summed E-state index contributed by atoms with van der Waals surface area (Å²) in [7, 11) is 1.14. The van der Waals surface area contributed by atoms with E-state index in [1.165, 1.54) is 0 Å². The molecular formula is C16H17NO6. The number of carbonyl (C=O) groups is 3. The number of nitrogens with zero attached hydrogens (tertiary/aromatic N) is 1. The highest BCUT2D eigenvalue weighted by Gasteiger charge is 2.51. The molecule has 0 spiro atoms. The summed E-state index contributed by atoms with van der Waals surface area (Å²) in [6, 6.07) is 5.90. The maximum atomic E-state index is 12.5. The molecule has 7 nitrogen and oxygen atoms in total. The fraction of sp³-hybridized carbons (Fsp3) is 0.438. The third-order valence-corrected chi connectivity index (χ3v) is 4.21. The molecule has 0 unspecified atom stereocenters. The fourth-order valence-corrected chi connectivity index (χ4v) is 3.24. The molecule has 1 saturated heterocycles. The average Bonchev–Trinajstić information content (AvgIpc) is 2.77. The predicted octanol–water partition coefficient (Wildman–Crippen LogP) is 0.712. The number of carbonyl (C=O) groups excluding carboxylic acids is 3. The second-order valence-corrected chi connectivity index (χ2v) is 5.82. The van der Waals surface area contributed by atoms with Gasteiger partial charge < -0.3 is 14.6 Å². The van der Waals surface area contributed by atoms with Crippen LogP contribution in [0.1, 0.15) is 40.5 Å². The van der Waals surface area contributed by atoms with E-state index < -0.39 is 35.7 Å². The van der Waals surface area contributed by atoms with Crippen molar-refractivity contribution >= 4 is 17.8 Å². The topological polar surface area (TPSA) is 93.1 Å². The predicted molar refractivity (Wildman–Crippen MR) is 77.5 cm³/mol. The Balaban J connectivity index is 1.92. The molecule has 2 amide bonds. The van der Waals surface area contributed by atoms with Crippen LogP contribution in [-0.2, 0) is 14.3 Å². The van der Waals surface area contributed by atoms with Crippen LogP contribution in [0.2, 0.25) is 0 Å². The van der Waals surface area contributed by atoms with Crippen molar-refractivity contribution in [3.63, 3.8) is 0 Å². The molecule has 1 aromatic rings. The van der Waals surface area contributed by atoms with Gasteiger partial charge in [0, 0.05) is 12.5 Å². The van der Waals surface area contributed by atoms with Gasteiger partial charge in [-0.15, -0.1) is 0 Å². The van der Waals surface area contributed by atoms with Crippen molar-refractivity contribution in [2.45, 2.75) is 37.7 Å². The third kappa shape index (κ3) is 2.42. The van der Waals surface area contributed by atoms with Crippen LogP contribution in [0.4, 0.5) is 0 Å². The molecule has 23 heavy (non-hydrogen) atoms. The minimum Gasteiger partial charge on any atom is -0.465 e. The number of aliphatic hydroxyl groups is 1. The molecular weight excluding hydrogens is 302 g/mol. The van der Waals surface area contributed by atoms with Gasteiger partial charge in [0.2, 0.25) is 0 Å². The van der Waals surface area contributed by atoms with Gasteiger partial charge in [0.05, 0.1) is 24.3 Å². The number of rotatable bonds is 2. The van der Waals surface area contributed by atoms with Gasteiger partial charge in [-0.25, -0.2) is 4.79 Å². The summed E-state index contributed by atoms with van der Waals surface area (Å²) >= 11 is 0. The van der Waals surface area contributed by atoms with Gasteiger partial charge in [-0.05, 0) is 25.5 Å². The molecule has 2 heterocycles. The van der Waals surface area contributed by atoms with Gasteiger partial charge in [0.25, 0.3) is 17.6 Å². The normalized spacial score (nSPS) is 30.3. The third-order valence-electron chi connectivity index (χ3n) is 4.21. The zero-order valence-corrected chi connectivity index (χ0v) is 12.8. The van der Waals surface area contributed by atoms with Crippen LogP contribution >= 0.6 is 0 Å². The van der Waals surface area contributed by atoms with E-state index in [1.54, 1.807) is 31.2 Å². The molecule has 0 aromatic heterocycles. The Morgan fingerprint density at radius 1 is 1.30 bits per heavy atom. The van der Waals surface area contributed by atoms with Crippen molar-refractivity contribution in [1.29, 1.82) is 0 Å². The Kier molecular flexibility index (Phi) is 3.69. The Hall–Kier alpha value is -2.25. The maximum Gasteiger partial charge on any atom is 0.366 e. The SMILES string of the molecule is COC(=O)[C@]1(O)C[C@H](N2C(=O)c3ccccc3C2=O)C[C@H](C)O1. The highest BCUT2D eigenvalue weighted by molar-refractivity contribution is 6.21. The first-order valence-corrected chi connectivity index (χ1v) is 7.33. The number of ether oxygens (including phenoxy) is 2. The lowest BCUT2D eigenvalue weighted by molar-refractivity contribution is -0.261. The summed E-state index contributed by atoms with van der Waals surface area (Å²) < 4.78 is 9.86. The van der Waals surface area contributed by atoms with Gasteiger partial charge in [0.15, 0.2) is 0 Å². The first kappa shape index (κ1) is 15.6. The minimum atomic E-state index is -2.16. The summed E-state index contributed by atoms with van der Waals surface area (Å²) in [5.41, 5.74) is 0.663. The summed E-state index contributed by atoms with van der Waals surface area (Å²) in [6.45, 7) is 1.66. The fourth-order valence-electron chi connectivity index (χ4n) is 3.24. The van der Waals surface area contributed by atoms with Crippen LogP contribution in [0, 0.1) is 0 Å². The number of imide groups is 1. The Morgan fingerprint density at radius 2 is 1.87 bits per heavy atom. The standard InChI is InChI=1S/C16H17NO6/c1-9-7-10(8-16(21,23-9)15(20)22-2)17-13(18)11-5-3-4-6-12(11)14(17)19/h3-6,9-10,21H,7-8H2,1-2H3/t9-,10+,16-/m0/s1. The molecule has 0 bridgehead atoms. The lowest BCUT2D eigenvalue weighted by Crippen LogP contribution is -2.56. The van der Waals surface area contributed by atoms with Crippen molar-refractivity contribution in [2.75, 3.05) is 7.11 Å². The number of esters is 1. The molecule has 1 fully saturated rings. The summed E-state index contributed by atoms with van der Waals surface area (Å²) in [5, 5.41) is 10.4. The Labute approximate surface area is 132 Å². The molecule has 1 aromatic carbocycles. The number of amides is 2. The van der Waals surface area contributed by atoms with E-state index in [0.717, 1.165) is 12.0 Å². The molecule has 3 rings (SSSR count). The van der Waals surface area contributed by atoms with Crippen LogP contribution in [-0.4, -0.2) is 52.8 Å². The minimum absolute atomic E-state index is 0.213. The summed E-state index contributed by atoms with van der Waals surface area (Å²) in [5.74, 6) is -3.94. The summed E-state index contributed by atoms with van der Waals surface area (Å²) in [6.07, 6.45) is -0.387. The first-order chi connectivity index (χ1) is 10.9.